The van der Waals surface area contributed by atoms with Gasteiger partial charge in [0.05, 0.1) is 11.9 Å². The third-order valence-electron chi connectivity index (χ3n) is 2.25. The first kappa shape index (κ1) is 11.0. The van der Waals surface area contributed by atoms with E-state index in [1.165, 1.54) is 0 Å². The Morgan fingerprint density at radius 3 is 2.82 bits per heavy atom. The van der Waals surface area contributed by atoms with Crippen LogP contribution in [0.25, 0.3) is 0 Å². The van der Waals surface area contributed by atoms with Crippen LogP contribution in [0, 0.1) is 0 Å². The first-order valence-electron chi connectivity index (χ1n) is 5.08. The maximum atomic E-state index is 10.6. The van der Waals surface area contributed by atoms with Crippen molar-refractivity contribution in [1.82, 2.24) is 4.98 Å². The fourth-order valence-electron chi connectivity index (χ4n) is 1.36. The summed E-state index contributed by atoms with van der Waals surface area (Å²) in [5.41, 5.74) is 8.41. The van der Waals surface area contributed by atoms with Gasteiger partial charge in [-0.25, -0.2) is 0 Å². The van der Waals surface area contributed by atoms with Crippen LogP contribution in [0.1, 0.15) is 15.9 Å². The number of aromatic nitrogens is 1. The predicted octanol–water partition coefficient (Wildman–Crippen LogP) is 2.23. The van der Waals surface area contributed by atoms with Crippen molar-refractivity contribution in [3.05, 3.63) is 53.9 Å². The van der Waals surface area contributed by atoms with Gasteiger partial charge in [-0.3, -0.25) is 14.8 Å². The fraction of sp³-hybridized carbons (Fsp3) is 0. The molecule has 0 bridgehead atoms. The van der Waals surface area contributed by atoms with E-state index in [-0.39, 0.29) is 0 Å². The van der Waals surface area contributed by atoms with Crippen molar-refractivity contribution >= 4 is 23.9 Å². The molecule has 4 nitrogen and oxygen atoms in total. The molecular weight excluding hydrogens is 214 g/mol. The molecule has 1 aromatic heterocycles. The van der Waals surface area contributed by atoms with Crippen LogP contribution < -0.4 is 5.73 Å². The lowest BCUT2D eigenvalue weighted by molar-refractivity contribution is 0.112. The van der Waals surface area contributed by atoms with E-state index in [1.807, 2.05) is 12.1 Å². The van der Waals surface area contributed by atoms with E-state index in [2.05, 4.69) is 9.98 Å². The lowest BCUT2D eigenvalue weighted by Crippen LogP contribution is -1.94. The van der Waals surface area contributed by atoms with E-state index in [9.17, 15) is 4.79 Å². The summed E-state index contributed by atoms with van der Waals surface area (Å²) >= 11 is 0. The molecule has 0 unspecified atom stereocenters. The number of nitrogen functional groups attached to an aromatic ring is 1. The van der Waals surface area contributed by atoms with Crippen molar-refractivity contribution in [3.63, 3.8) is 0 Å². The molecule has 2 aromatic rings. The molecule has 0 radical (unpaired) electrons. The Kier molecular flexibility index (Phi) is 3.25. The van der Waals surface area contributed by atoms with Gasteiger partial charge in [-0.05, 0) is 18.2 Å². The standard InChI is InChI=1S/C13H11N3O/c14-13-6-10(9-17)3-4-11(13)7-16-12-2-1-5-15-8-12/h1-9H,14H2. The molecule has 2 rings (SSSR count). The second kappa shape index (κ2) is 5.03. The van der Waals surface area contributed by atoms with Crippen molar-refractivity contribution in [2.45, 2.75) is 0 Å². The Hall–Kier alpha value is -2.49. The molecule has 0 fully saturated rings. The minimum absolute atomic E-state index is 0.530. The monoisotopic (exact) mass is 225 g/mol. The number of nitrogens with zero attached hydrogens (tertiary/aromatic N) is 2. The summed E-state index contributed by atoms with van der Waals surface area (Å²) in [4.78, 5) is 18.7. The van der Waals surface area contributed by atoms with Crippen LogP contribution in [0.2, 0.25) is 0 Å². The number of rotatable bonds is 3. The zero-order chi connectivity index (χ0) is 12.1. The molecule has 0 saturated heterocycles. The van der Waals surface area contributed by atoms with Crippen LogP contribution in [0.3, 0.4) is 0 Å². The molecule has 0 aliphatic rings. The van der Waals surface area contributed by atoms with E-state index in [0.29, 0.717) is 11.3 Å². The van der Waals surface area contributed by atoms with Gasteiger partial charge in [-0.2, -0.15) is 0 Å². The van der Waals surface area contributed by atoms with Crippen LogP contribution in [0.15, 0.2) is 47.7 Å². The van der Waals surface area contributed by atoms with Crippen LogP contribution in [0.5, 0.6) is 0 Å². The third-order valence-corrected chi connectivity index (χ3v) is 2.25. The molecule has 0 aliphatic carbocycles. The van der Waals surface area contributed by atoms with E-state index in [4.69, 9.17) is 5.73 Å². The number of hydrogen-bond donors (Lipinski definition) is 1. The lowest BCUT2D eigenvalue weighted by Gasteiger charge is -2.00. The van der Waals surface area contributed by atoms with Gasteiger partial charge in [0.1, 0.15) is 6.29 Å². The van der Waals surface area contributed by atoms with Crippen molar-refractivity contribution in [2.75, 3.05) is 5.73 Å². The zero-order valence-electron chi connectivity index (χ0n) is 9.08. The van der Waals surface area contributed by atoms with Crippen molar-refractivity contribution in [3.8, 4) is 0 Å². The van der Waals surface area contributed by atoms with Crippen LogP contribution >= 0.6 is 0 Å². The van der Waals surface area contributed by atoms with Crippen LogP contribution in [0.4, 0.5) is 11.4 Å². The van der Waals surface area contributed by atoms with Crippen molar-refractivity contribution in [1.29, 1.82) is 0 Å². The molecule has 0 atom stereocenters. The molecule has 1 aromatic carbocycles. The molecule has 17 heavy (non-hydrogen) atoms. The number of pyridine rings is 1. The molecule has 84 valence electrons. The van der Waals surface area contributed by atoms with Gasteiger partial charge in [0.25, 0.3) is 0 Å². The van der Waals surface area contributed by atoms with Gasteiger partial charge in [0.15, 0.2) is 0 Å². The van der Waals surface area contributed by atoms with E-state index in [1.54, 1.807) is 36.8 Å². The summed E-state index contributed by atoms with van der Waals surface area (Å²) in [5.74, 6) is 0. The zero-order valence-corrected chi connectivity index (χ0v) is 9.08. The SMILES string of the molecule is Nc1cc(C=O)ccc1C=Nc1cccnc1. The quantitative estimate of drug-likeness (QED) is 0.494. The Bertz CT molecular complexity index is 550. The fourth-order valence-corrected chi connectivity index (χ4v) is 1.36. The number of benzene rings is 1. The van der Waals surface area contributed by atoms with E-state index >= 15 is 0 Å². The van der Waals surface area contributed by atoms with Crippen LogP contribution in [-0.4, -0.2) is 17.5 Å². The Morgan fingerprint density at radius 1 is 1.29 bits per heavy atom. The average molecular weight is 225 g/mol. The Balaban J connectivity index is 2.25. The Labute approximate surface area is 98.8 Å². The highest BCUT2D eigenvalue weighted by atomic mass is 16.1. The molecule has 0 saturated carbocycles. The third kappa shape index (κ3) is 2.75. The molecule has 1 heterocycles. The van der Waals surface area contributed by atoms with Gasteiger partial charge < -0.3 is 5.73 Å². The van der Waals surface area contributed by atoms with Gasteiger partial charge in [-0.15, -0.1) is 0 Å². The number of carbonyl (C=O) groups excluding carboxylic acids is 1. The summed E-state index contributed by atoms with van der Waals surface area (Å²) < 4.78 is 0. The highest BCUT2D eigenvalue weighted by Gasteiger charge is 1.97. The minimum atomic E-state index is 0.530. The van der Waals surface area contributed by atoms with Gasteiger partial charge in [-0.1, -0.05) is 12.1 Å². The second-order valence-corrected chi connectivity index (χ2v) is 3.48. The largest absolute Gasteiger partial charge is 0.398 e. The molecule has 0 amide bonds. The smallest absolute Gasteiger partial charge is 0.150 e. The molecule has 0 aliphatic heterocycles. The number of anilines is 1. The molecular formula is C13H11N3O. The van der Waals surface area contributed by atoms with E-state index in [0.717, 1.165) is 17.5 Å². The first-order valence-corrected chi connectivity index (χ1v) is 5.08. The van der Waals surface area contributed by atoms with Crippen molar-refractivity contribution < 1.29 is 4.79 Å². The number of hydrogen-bond acceptors (Lipinski definition) is 4. The normalized spacial score (nSPS) is 10.6. The number of aliphatic imine (C=N–C) groups is 1. The van der Waals surface area contributed by atoms with Crippen LogP contribution in [-0.2, 0) is 0 Å². The second-order valence-electron chi connectivity index (χ2n) is 3.48. The summed E-state index contributed by atoms with van der Waals surface area (Å²) in [6.07, 6.45) is 5.76. The number of nitrogens with two attached hydrogens (primary N) is 1. The number of carbonyl (C=O) groups is 1. The summed E-state index contributed by atoms with van der Waals surface area (Å²) in [7, 11) is 0. The van der Waals surface area contributed by atoms with E-state index < -0.39 is 0 Å². The number of aldehydes is 1. The summed E-state index contributed by atoms with van der Waals surface area (Å²) in [6, 6.07) is 8.75. The maximum Gasteiger partial charge on any atom is 0.150 e. The lowest BCUT2D eigenvalue weighted by atomic mass is 10.1. The first-order chi connectivity index (χ1) is 8.29. The molecule has 4 heteroatoms. The highest BCUT2D eigenvalue weighted by Crippen LogP contribution is 2.13. The van der Waals surface area contributed by atoms with Gasteiger partial charge in [0.2, 0.25) is 0 Å². The highest BCUT2D eigenvalue weighted by molar-refractivity contribution is 5.90. The summed E-state index contributed by atoms with van der Waals surface area (Å²) in [5, 5.41) is 0. The van der Waals surface area contributed by atoms with Gasteiger partial charge in [0, 0.05) is 29.2 Å². The minimum Gasteiger partial charge on any atom is -0.398 e. The topological polar surface area (TPSA) is 68.3 Å². The van der Waals surface area contributed by atoms with Crippen molar-refractivity contribution in [2.24, 2.45) is 4.99 Å². The Morgan fingerprint density at radius 2 is 2.18 bits per heavy atom. The predicted molar refractivity (Wildman–Crippen MR) is 67.7 cm³/mol. The molecule has 0 spiro atoms. The molecule has 2 N–H and O–H groups in total. The summed E-state index contributed by atoms with van der Waals surface area (Å²) in [6.45, 7) is 0. The van der Waals surface area contributed by atoms with Gasteiger partial charge >= 0.3 is 0 Å². The maximum absolute atomic E-state index is 10.6. The average Bonchev–Trinajstić information content (AvgIpc) is 2.38.